The number of hydrogen-bond donors (Lipinski definition) is 1. The summed E-state index contributed by atoms with van der Waals surface area (Å²) in [6.45, 7) is 2.93. The lowest BCUT2D eigenvalue weighted by Crippen LogP contribution is -2.25. The van der Waals surface area contributed by atoms with Crippen LogP contribution in [0.5, 0.6) is 0 Å². The molecule has 0 spiro atoms. The molecule has 2 aromatic rings. The average molecular weight is 220 g/mol. The van der Waals surface area contributed by atoms with E-state index in [1.165, 1.54) is 23.1 Å². The molecule has 2 rings (SSSR count). The lowest BCUT2D eigenvalue weighted by molar-refractivity contribution is 0.553. The van der Waals surface area contributed by atoms with Crippen LogP contribution in [0.4, 0.5) is 5.82 Å². The molecule has 0 saturated carbocycles. The Morgan fingerprint density at radius 2 is 2.19 bits per heavy atom. The van der Waals surface area contributed by atoms with Crippen LogP contribution in [-0.4, -0.2) is 24.5 Å². The second-order valence-corrected chi connectivity index (χ2v) is 3.25. The predicted octanol–water partition coefficient (Wildman–Crippen LogP) is -0.515. The lowest BCUT2D eigenvalue weighted by Gasteiger charge is -2.05. The Kier molecular flexibility index (Phi) is 2.67. The van der Waals surface area contributed by atoms with Gasteiger partial charge >= 0.3 is 0 Å². The molecule has 0 fully saturated rings. The van der Waals surface area contributed by atoms with Crippen molar-refractivity contribution in [2.24, 2.45) is 0 Å². The topological polar surface area (TPSA) is 91.6 Å². The Morgan fingerprint density at radius 1 is 1.38 bits per heavy atom. The zero-order valence-corrected chi connectivity index (χ0v) is 8.87. The molecule has 0 aliphatic heterocycles. The van der Waals surface area contributed by atoms with Gasteiger partial charge in [-0.2, -0.15) is 10.2 Å². The van der Waals surface area contributed by atoms with Gasteiger partial charge in [0.25, 0.3) is 5.56 Å². The molecule has 2 heterocycles. The maximum Gasteiger partial charge on any atom is 0.267 e. The summed E-state index contributed by atoms with van der Waals surface area (Å²) in [5.41, 5.74) is 5.30. The third kappa shape index (κ3) is 1.92. The lowest BCUT2D eigenvalue weighted by atomic mass is 10.5. The van der Waals surface area contributed by atoms with Crippen molar-refractivity contribution in [3.63, 3.8) is 0 Å². The molecule has 0 radical (unpaired) electrons. The fraction of sp³-hybridized carbons (Fsp3) is 0.333. The Bertz CT molecular complexity index is 543. The molecule has 7 nitrogen and oxygen atoms in total. The van der Waals surface area contributed by atoms with Crippen LogP contribution in [0.25, 0.3) is 0 Å². The van der Waals surface area contributed by atoms with E-state index in [2.05, 4.69) is 15.2 Å². The highest BCUT2D eigenvalue weighted by Crippen LogP contribution is 1.97. The molecule has 2 aromatic heterocycles. The monoisotopic (exact) mass is 220 g/mol. The number of aromatic nitrogens is 5. The first-order chi connectivity index (χ1) is 7.70. The minimum Gasteiger partial charge on any atom is -0.382 e. The standard InChI is InChI=1S/C9H12N6O/c1-2-14-8(11-6-12-14)5-15-9(16)4-3-7(10)13-15/h3-4,6H,2,5H2,1H3,(H2,10,13). The molecule has 0 bridgehead atoms. The van der Waals surface area contributed by atoms with E-state index < -0.39 is 0 Å². The van der Waals surface area contributed by atoms with Crippen molar-refractivity contribution < 1.29 is 0 Å². The van der Waals surface area contributed by atoms with Gasteiger partial charge in [0, 0.05) is 12.6 Å². The van der Waals surface area contributed by atoms with E-state index in [0.717, 1.165) is 0 Å². The summed E-state index contributed by atoms with van der Waals surface area (Å²) in [6, 6.07) is 2.86. The van der Waals surface area contributed by atoms with E-state index in [-0.39, 0.29) is 12.1 Å². The normalized spacial score (nSPS) is 10.6. The minimum atomic E-state index is -0.208. The van der Waals surface area contributed by atoms with Crippen molar-refractivity contribution >= 4 is 5.82 Å². The summed E-state index contributed by atoms with van der Waals surface area (Å²) in [7, 11) is 0. The van der Waals surface area contributed by atoms with E-state index in [1.54, 1.807) is 4.68 Å². The molecule has 0 amide bonds. The second kappa shape index (κ2) is 4.13. The molecule has 0 saturated heterocycles. The minimum absolute atomic E-state index is 0.208. The smallest absolute Gasteiger partial charge is 0.267 e. The number of nitrogens with zero attached hydrogens (tertiary/aromatic N) is 5. The molecule has 84 valence electrons. The zero-order chi connectivity index (χ0) is 11.5. The van der Waals surface area contributed by atoms with E-state index in [0.29, 0.717) is 18.2 Å². The van der Waals surface area contributed by atoms with Crippen LogP contribution in [0.2, 0.25) is 0 Å². The summed E-state index contributed by atoms with van der Waals surface area (Å²) < 4.78 is 2.98. The Morgan fingerprint density at radius 3 is 2.94 bits per heavy atom. The highest BCUT2D eigenvalue weighted by atomic mass is 16.1. The molecule has 0 aliphatic rings. The average Bonchev–Trinajstić information content (AvgIpc) is 2.71. The Balaban J connectivity index is 2.33. The van der Waals surface area contributed by atoms with Gasteiger partial charge < -0.3 is 5.73 Å². The van der Waals surface area contributed by atoms with Crippen LogP contribution >= 0.6 is 0 Å². The number of nitrogens with two attached hydrogens (primary N) is 1. The largest absolute Gasteiger partial charge is 0.382 e. The fourth-order valence-electron chi connectivity index (χ4n) is 1.39. The molecular weight excluding hydrogens is 208 g/mol. The van der Waals surface area contributed by atoms with Gasteiger partial charge in [-0.15, -0.1) is 0 Å². The van der Waals surface area contributed by atoms with Crippen molar-refractivity contribution in [3.05, 3.63) is 34.6 Å². The Hall–Kier alpha value is -2.18. The third-order valence-electron chi connectivity index (χ3n) is 2.17. The first kappa shape index (κ1) is 10.3. The van der Waals surface area contributed by atoms with Crippen LogP contribution < -0.4 is 11.3 Å². The number of anilines is 1. The quantitative estimate of drug-likeness (QED) is 0.751. The first-order valence-corrected chi connectivity index (χ1v) is 4.91. The van der Waals surface area contributed by atoms with Crippen molar-refractivity contribution in [1.29, 1.82) is 0 Å². The van der Waals surface area contributed by atoms with Gasteiger partial charge in [-0.1, -0.05) is 0 Å². The van der Waals surface area contributed by atoms with Crippen molar-refractivity contribution in [3.8, 4) is 0 Å². The fourth-order valence-corrected chi connectivity index (χ4v) is 1.39. The summed E-state index contributed by atoms with van der Waals surface area (Å²) in [5.74, 6) is 0.991. The predicted molar refractivity (Wildman–Crippen MR) is 57.7 cm³/mol. The van der Waals surface area contributed by atoms with Crippen LogP contribution in [0.3, 0.4) is 0 Å². The molecule has 2 N–H and O–H groups in total. The van der Waals surface area contributed by atoms with Gasteiger partial charge in [-0.05, 0) is 13.0 Å². The van der Waals surface area contributed by atoms with Gasteiger partial charge in [-0.3, -0.25) is 4.79 Å². The molecule has 0 aliphatic carbocycles. The molecular formula is C9H12N6O. The second-order valence-electron chi connectivity index (χ2n) is 3.25. The first-order valence-electron chi connectivity index (χ1n) is 4.91. The van der Waals surface area contributed by atoms with E-state index in [1.807, 2.05) is 6.92 Å². The maximum absolute atomic E-state index is 11.5. The molecule has 16 heavy (non-hydrogen) atoms. The number of nitrogen functional groups attached to an aromatic ring is 1. The summed E-state index contributed by atoms with van der Waals surface area (Å²) in [5, 5.41) is 7.94. The maximum atomic E-state index is 11.5. The van der Waals surface area contributed by atoms with Crippen LogP contribution in [0.1, 0.15) is 12.7 Å². The highest BCUT2D eigenvalue weighted by molar-refractivity contribution is 5.23. The van der Waals surface area contributed by atoms with E-state index in [4.69, 9.17) is 5.73 Å². The Labute approximate surface area is 91.5 Å². The zero-order valence-electron chi connectivity index (χ0n) is 8.87. The van der Waals surface area contributed by atoms with Crippen LogP contribution in [-0.2, 0) is 13.1 Å². The molecule has 0 atom stereocenters. The van der Waals surface area contributed by atoms with Gasteiger partial charge in [0.15, 0.2) is 0 Å². The van der Waals surface area contributed by atoms with Crippen molar-refractivity contribution in [1.82, 2.24) is 24.5 Å². The van der Waals surface area contributed by atoms with E-state index >= 15 is 0 Å². The van der Waals surface area contributed by atoms with Gasteiger partial charge in [0.2, 0.25) is 0 Å². The number of aryl methyl sites for hydroxylation is 1. The van der Waals surface area contributed by atoms with Gasteiger partial charge in [-0.25, -0.2) is 14.3 Å². The summed E-state index contributed by atoms with van der Waals surface area (Å²) in [6.07, 6.45) is 1.45. The molecule has 7 heteroatoms. The van der Waals surface area contributed by atoms with Crippen molar-refractivity contribution in [2.75, 3.05) is 5.73 Å². The summed E-state index contributed by atoms with van der Waals surface area (Å²) >= 11 is 0. The van der Waals surface area contributed by atoms with Crippen LogP contribution in [0, 0.1) is 0 Å². The van der Waals surface area contributed by atoms with E-state index in [9.17, 15) is 4.79 Å². The van der Waals surface area contributed by atoms with Crippen molar-refractivity contribution in [2.45, 2.75) is 20.0 Å². The number of rotatable bonds is 3. The number of hydrogen-bond acceptors (Lipinski definition) is 5. The van der Waals surface area contributed by atoms with Crippen LogP contribution in [0.15, 0.2) is 23.3 Å². The summed E-state index contributed by atoms with van der Waals surface area (Å²) in [4.78, 5) is 15.5. The highest BCUT2D eigenvalue weighted by Gasteiger charge is 2.05. The molecule has 0 unspecified atom stereocenters. The van der Waals surface area contributed by atoms with Gasteiger partial charge in [0.1, 0.15) is 24.5 Å². The molecule has 0 aromatic carbocycles. The SMILES string of the molecule is CCn1ncnc1Cn1nc(N)ccc1=O. The van der Waals surface area contributed by atoms with Gasteiger partial charge in [0.05, 0.1) is 0 Å². The third-order valence-corrected chi connectivity index (χ3v) is 2.17.